The number of hydrogen-bond acceptors (Lipinski definition) is 3. The molecule has 15 heavy (non-hydrogen) atoms. The molecule has 0 bridgehead atoms. The van der Waals surface area contributed by atoms with E-state index in [1.165, 1.54) is 6.07 Å². The van der Waals surface area contributed by atoms with Gasteiger partial charge in [0.1, 0.15) is 10.7 Å². The Kier molecular flexibility index (Phi) is 2.24. The van der Waals surface area contributed by atoms with Crippen LogP contribution in [0.4, 0.5) is 5.69 Å². The first-order valence-corrected chi connectivity index (χ1v) is 6.08. The minimum Gasteiger partial charge on any atom is -0.331 e. The number of amidine groups is 1. The lowest BCUT2D eigenvalue weighted by Gasteiger charge is -2.25. The van der Waals surface area contributed by atoms with Gasteiger partial charge in [0.25, 0.3) is 10.0 Å². The van der Waals surface area contributed by atoms with Gasteiger partial charge in [0.2, 0.25) is 0 Å². The Bertz CT molecular complexity index is 551. The second-order valence-corrected chi connectivity index (χ2v) is 5.29. The third-order valence-electron chi connectivity index (χ3n) is 2.30. The molecule has 1 aromatic carbocycles. The molecular formula is C9H9ClN2O2S. The first-order valence-electron chi connectivity index (χ1n) is 4.27. The van der Waals surface area contributed by atoms with E-state index in [-0.39, 0.29) is 4.90 Å². The first kappa shape index (κ1) is 10.4. The lowest BCUT2D eigenvalue weighted by molar-refractivity contribution is 0.597. The Morgan fingerprint density at radius 1 is 1.40 bits per heavy atom. The van der Waals surface area contributed by atoms with Gasteiger partial charge in [-0.25, -0.2) is 0 Å². The molecule has 0 unspecified atom stereocenters. The summed E-state index contributed by atoms with van der Waals surface area (Å²) in [6.45, 7) is 1.65. The van der Waals surface area contributed by atoms with E-state index in [1.807, 2.05) is 0 Å². The first-order chi connectivity index (χ1) is 6.92. The Balaban J connectivity index is 2.78. The highest BCUT2D eigenvalue weighted by atomic mass is 35.5. The minimum absolute atomic E-state index is 0.156. The fourth-order valence-electron chi connectivity index (χ4n) is 1.43. The summed E-state index contributed by atoms with van der Waals surface area (Å²) in [6.07, 6.45) is 0. The lowest BCUT2D eigenvalue weighted by Crippen LogP contribution is -2.29. The topological polar surface area (TPSA) is 49.7 Å². The van der Waals surface area contributed by atoms with Gasteiger partial charge in [-0.1, -0.05) is 11.6 Å². The molecule has 0 fully saturated rings. The van der Waals surface area contributed by atoms with E-state index >= 15 is 0 Å². The van der Waals surface area contributed by atoms with Crippen LogP contribution in [0.25, 0.3) is 0 Å². The van der Waals surface area contributed by atoms with Gasteiger partial charge in [-0.2, -0.15) is 8.42 Å². The zero-order valence-electron chi connectivity index (χ0n) is 8.23. The van der Waals surface area contributed by atoms with Crippen molar-refractivity contribution in [2.45, 2.75) is 11.8 Å². The smallest absolute Gasteiger partial charge is 0.286 e. The van der Waals surface area contributed by atoms with Crippen molar-refractivity contribution in [1.82, 2.24) is 0 Å². The molecule has 6 heteroatoms. The predicted octanol–water partition coefficient (Wildman–Crippen LogP) is 1.90. The summed E-state index contributed by atoms with van der Waals surface area (Å²) >= 11 is 5.76. The van der Waals surface area contributed by atoms with E-state index in [0.717, 1.165) is 0 Å². The average Bonchev–Trinajstić information content (AvgIpc) is 2.14. The fraction of sp³-hybridized carbons (Fsp3) is 0.222. The van der Waals surface area contributed by atoms with Gasteiger partial charge >= 0.3 is 0 Å². The van der Waals surface area contributed by atoms with Crippen LogP contribution in [0.3, 0.4) is 0 Å². The summed E-state index contributed by atoms with van der Waals surface area (Å²) in [5.74, 6) is 0.449. The van der Waals surface area contributed by atoms with Crippen molar-refractivity contribution >= 4 is 33.1 Å². The van der Waals surface area contributed by atoms with Crippen LogP contribution in [0.5, 0.6) is 0 Å². The van der Waals surface area contributed by atoms with Gasteiger partial charge in [0, 0.05) is 12.1 Å². The van der Waals surface area contributed by atoms with E-state index in [1.54, 1.807) is 31.0 Å². The highest BCUT2D eigenvalue weighted by Crippen LogP contribution is 2.32. The van der Waals surface area contributed by atoms with Crippen molar-refractivity contribution in [2.75, 3.05) is 11.9 Å². The number of halogens is 1. The molecule has 1 aromatic rings. The standard InChI is InChI=1S/C9H9ClN2O2S/c1-6-11-15(13,14)9-5-7(10)3-4-8(9)12(6)2/h3-5H,1-2H3. The average molecular weight is 245 g/mol. The Morgan fingerprint density at radius 2 is 2.07 bits per heavy atom. The molecule has 1 aliphatic heterocycles. The van der Waals surface area contributed by atoms with Crippen LogP contribution in [-0.4, -0.2) is 21.3 Å². The monoisotopic (exact) mass is 244 g/mol. The number of anilines is 1. The SMILES string of the molecule is CC1=NS(=O)(=O)c2cc(Cl)ccc2N1C. The second-order valence-electron chi connectivity index (χ2n) is 3.28. The highest BCUT2D eigenvalue weighted by Gasteiger charge is 2.26. The van der Waals surface area contributed by atoms with E-state index in [9.17, 15) is 8.42 Å². The molecule has 80 valence electrons. The molecule has 4 nitrogen and oxygen atoms in total. The van der Waals surface area contributed by atoms with Gasteiger partial charge in [0.05, 0.1) is 5.69 Å². The number of hydrogen-bond donors (Lipinski definition) is 0. The molecule has 0 saturated heterocycles. The minimum atomic E-state index is -3.58. The summed E-state index contributed by atoms with van der Waals surface area (Å²) in [7, 11) is -1.82. The molecule has 1 aliphatic rings. The molecule has 0 aromatic heterocycles. The largest absolute Gasteiger partial charge is 0.331 e. The van der Waals surface area contributed by atoms with Gasteiger partial charge in [-0.05, 0) is 25.1 Å². The molecule has 1 heterocycles. The zero-order valence-corrected chi connectivity index (χ0v) is 9.80. The second kappa shape index (κ2) is 3.21. The van der Waals surface area contributed by atoms with Crippen molar-refractivity contribution < 1.29 is 8.42 Å². The molecule has 0 spiro atoms. The molecular weight excluding hydrogens is 236 g/mol. The van der Waals surface area contributed by atoms with Crippen LogP contribution in [-0.2, 0) is 10.0 Å². The molecule has 0 aliphatic carbocycles. The third-order valence-corrected chi connectivity index (χ3v) is 3.92. The number of fused-ring (bicyclic) bond motifs is 1. The molecule has 0 atom stereocenters. The van der Waals surface area contributed by atoms with E-state index in [0.29, 0.717) is 16.5 Å². The normalized spacial score (nSPS) is 18.3. The van der Waals surface area contributed by atoms with Crippen molar-refractivity contribution in [3.63, 3.8) is 0 Å². The van der Waals surface area contributed by atoms with Gasteiger partial charge in [-0.3, -0.25) is 0 Å². The number of sulfonamides is 1. The maximum Gasteiger partial charge on any atom is 0.286 e. The summed E-state index contributed by atoms with van der Waals surface area (Å²) in [5, 5.41) is 0.389. The Morgan fingerprint density at radius 3 is 2.73 bits per heavy atom. The van der Waals surface area contributed by atoms with Crippen LogP contribution in [0.15, 0.2) is 27.5 Å². The van der Waals surface area contributed by atoms with Crippen LogP contribution < -0.4 is 4.90 Å². The summed E-state index contributed by atoms with van der Waals surface area (Å²) in [6, 6.07) is 4.75. The number of rotatable bonds is 0. The van der Waals surface area contributed by atoms with Gasteiger partial charge < -0.3 is 4.90 Å². The van der Waals surface area contributed by atoms with E-state index < -0.39 is 10.0 Å². The molecule has 0 saturated carbocycles. The summed E-state index contributed by atoms with van der Waals surface area (Å²) in [4.78, 5) is 1.87. The van der Waals surface area contributed by atoms with Gasteiger partial charge in [-0.15, -0.1) is 4.40 Å². The molecule has 2 rings (SSSR count). The third kappa shape index (κ3) is 1.61. The Labute approximate surface area is 93.2 Å². The highest BCUT2D eigenvalue weighted by molar-refractivity contribution is 7.90. The predicted molar refractivity (Wildman–Crippen MR) is 60.1 cm³/mol. The van der Waals surface area contributed by atoms with Crippen LogP contribution in [0, 0.1) is 0 Å². The molecule has 0 amide bonds. The Hall–Kier alpha value is -1.07. The van der Waals surface area contributed by atoms with Gasteiger partial charge in [0.15, 0.2) is 0 Å². The maximum atomic E-state index is 11.7. The van der Waals surface area contributed by atoms with Crippen LogP contribution in [0.2, 0.25) is 5.02 Å². The van der Waals surface area contributed by atoms with Crippen molar-refractivity contribution in [3.05, 3.63) is 23.2 Å². The van der Waals surface area contributed by atoms with Crippen LogP contribution in [0.1, 0.15) is 6.92 Å². The molecule has 0 radical (unpaired) electrons. The molecule has 0 N–H and O–H groups in total. The number of benzene rings is 1. The van der Waals surface area contributed by atoms with Crippen molar-refractivity contribution in [1.29, 1.82) is 0 Å². The van der Waals surface area contributed by atoms with E-state index in [4.69, 9.17) is 11.6 Å². The summed E-state index contributed by atoms with van der Waals surface area (Å²) < 4.78 is 27.1. The maximum absolute atomic E-state index is 11.7. The van der Waals surface area contributed by atoms with E-state index in [2.05, 4.69) is 4.40 Å². The lowest BCUT2D eigenvalue weighted by atomic mass is 10.3. The quantitative estimate of drug-likeness (QED) is 0.700. The van der Waals surface area contributed by atoms with Crippen LogP contribution >= 0.6 is 11.6 Å². The zero-order chi connectivity index (χ0) is 11.2. The number of nitrogens with zero attached hydrogens (tertiary/aromatic N) is 2. The van der Waals surface area contributed by atoms with Crippen molar-refractivity contribution in [3.8, 4) is 0 Å². The summed E-state index contributed by atoms with van der Waals surface area (Å²) in [5.41, 5.74) is 0.604. The fourth-order valence-corrected chi connectivity index (χ4v) is 2.98. The van der Waals surface area contributed by atoms with Crippen molar-refractivity contribution in [2.24, 2.45) is 4.40 Å².